The molecule has 0 aromatic heterocycles. The molecule has 1 N–H and O–H groups in total. The van der Waals surface area contributed by atoms with Crippen LogP contribution in [0.2, 0.25) is 0 Å². The molecule has 21 heavy (non-hydrogen) atoms. The number of hydrogen-bond acceptors (Lipinski definition) is 3. The number of carboxylic acid groups (broad SMARTS) is 1. The van der Waals surface area contributed by atoms with Crippen molar-refractivity contribution in [1.82, 2.24) is 0 Å². The van der Waals surface area contributed by atoms with Gasteiger partial charge >= 0.3 is 5.97 Å². The molecule has 0 fully saturated rings. The van der Waals surface area contributed by atoms with Crippen LogP contribution in [0.5, 0.6) is 0 Å². The number of hydrogen-bond donors (Lipinski definition) is 1. The van der Waals surface area contributed by atoms with Crippen molar-refractivity contribution in [3.8, 4) is 11.1 Å². The summed E-state index contributed by atoms with van der Waals surface area (Å²) in [7, 11) is -3.32. The summed E-state index contributed by atoms with van der Waals surface area (Å²) in [6, 6.07) is 8.22. The van der Waals surface area contributed by atoms with Gasteiger partial charge in [-0.1, -0.05) is 12.1 Å². The summed E-state index contributed by atoms with van der Waals surface area (Å²) in [5.74, 6) is -1.83. The molecule has 0 heterocycles. The van der Waals surface area contributed by atoms with Gasteiger partial charge in [-0.2, -0.15) is 0 Å². The standard InChI is InChI=1S/C15H13FO4S/c1-9-7-12(13(15(17)18)8-14(9)16)10-3-5-11(6-4-10)21(2,19)20/h3-8H,1-2H3,(H,17,18). The van der Waals surface area contributed by atoms with Crippen LogP contribution >= 0.6 is 0 Å². The number of rotatable bonds is 3. The van der Waals surface area contributed by atoms with E-state index in [0.717, 1.165) is 12.3 Å². The van der Waals surface area contributed by atoms with E-state index < -0.39 is 21.6 Å². The van der Waals surface area contributed by atoms with Gasteiger partial charge in [-0.25, -0.2) is 17.6 Å². The monoisotopic (exact) mass is 308 g/mol. The second kappa shape index (κ2) is 5.29. The Morgan fingerprint density at radius 1 is 1.14 bits per heavy atom. The molecule has 0 unspecified atom stereocenters. The third kappa shape index (κ3) is 3.11. The maximum atomic E-state index is 13.5. The number of aryl methyl sites for hydroxylation is 1. The lowest BCUT2D eigenvalue weighted by atomic mass is 9.97. The van der Waals surface area contributed by atoms with Gasteiger partial charge < -0.3 is 5.11 Å². The van der Waals surface area contributed by atoms with E-state index >= 15 is 0 Å². The Kier molecular flexibility index (Phi) is 3.82. The third-order valence-electron chi connectivity index (χ3n) is 3.12. The van der Waals surface area contributed by atoms with Gasteiger partial charge in [-0.3, -0.25) is 0 Å². The summed E-state index contributed by atoms with van der Waals surface area (Å²) < 4.78 is 36.3. The molecule has 2 aromatic carbocycles. The van der Waals surface area contributed by atoms with E-state index in [2.05, 4.69) is 0 Å². The third-order valence-corrected chi connectivity index (χ3v) is 4.25. The molecule has 2 aromatic rings. The molecule has 0 aliphatic carbocycles. The highest BCUT2D eigenvalue weighted by atomic mass is 32.2. The van der Waals surface area contributed by atoms with Crippen molar-refractivity contribution in [2.45, 2.75) is 11.8 Å². The van der Waals surface area contributed by atoms with Gasteiger partial charge in [-0.05, 0) is 47.9 Å². The minimum absolute atomic E-state index is 0.141. The molecule has 0 saturated heterocycles. The first-order chi connectivity index (χ1) is 9.70. The van der Waals surface area contributed by atoms with Crippen LogP contribution in [0.15, 0.2) is 41.3 Å². The first-order valence-corrected chi connectivity index (χ1v) is 7.93. The van der Waals surface area contributed by atoms with Gasteiger partial charge in [0.05, 0.1) is 10.5 Å². The average Bonchev–Trinajstić information content (AvgIpc) is 2.40. The first-order valence-electron chi connectivity index (χ1n) is 6.04. The van der Waals surface area contributed by atoms with Crippen LogP contribution in [0.3, 0.4) is 0 Å². The Bertz CT molecular complexity index is 808. The first kappa shape index (κ1) is 15.2. The summed E-state index contributed by atoms with van der Waals surface area (Å²) in [5, 5.41) is 9.16. The van der Waals surface area contributed by atoms with Gasteiger partial charge in [0.2, 0.25) is 0 Å². The second-order valence-corrected chi connectivity index (χ2v) is 6.76. The molecule has 0 spiro atoms. The molecule has 6 heteroatoms. The van der Waals surface area contributed by atoms with E-state index in [1.54, 1.807) is 0 Å². The van der Waals surface area contributed by atoms with Gasteiger partial charge in [0.25, 0.3) is 0 Å². The molecule has 0 amide bonds. The van der Waals surface area contributed by atoms with Crippen molar-refractivity contribution in [3.05, 3.63) is 53.3 Å². The summed E-state index contributed by atoms with van der Waals surface area (Å²) in [5.41, 5.74) is 1.02. The van der Waals surface area contributed by atoms with Crippen LogP contribution in [-0.2, 0) is 9.84 Å². The van der Waals surface area contributed by atoms with Crippen molar-refractivity contribution in [2.24, 2.45) is 0 Å². The normalized spacial score (nSPS) is 11.4. The van der Waals surface area contributed by atoms with Gasteiger partial charge in [0.15, 0.2) is 9.84 Å². The Morgan fingerprint density at radius 3 is 2.19 bits per heavy atom. The fourth-order valence-electron chi connectivity index (χ4n) is 1.98. The molecule has 0 atom stereocenters. The Morgan fingerprint density at radius 2 is 1.71 bits per heavy atom. The number of benzene rings is 2. The lowest BCUT2D eigenvalue weighted by Crippen LogP contribution is -2.02. The predicted octanol–water partition coefficient (Wildman–Crippen LogP) is 2.90. The Hall–Kier alpha value is -2.21. The fraction of sp³-hybridized carbons (Fsp3) is 0.133. The molecule has 4 nitrogen and oxygen atoms in total. The second-order valence-electron chi connectivity index (χ2n) is 4.75. The molecule has 0 aliphatic rings. The minimum Gasteiger partial charge on any atom is -0.478 e. The quantitative estimate of drug-likeness (QED) is 0.946. The summed E-state index contributed by atoms with van der Waals surface area (Å²) in [4.78, 5) is 11.4. The summed E-state index contributed by atoms with van der Waals surface area (Å²) >= 11 is 0. The molecule has 110 valence electrons. The maximum Gasteiger partial charge on any atom is 0.336 e. The number of sulfone groups is 1. The van der Waals surface area contributed by atoms with Crippen LogP contribution in [0.1, 0.15) is 15.9 Å². The zero-order valence-electron chi connectivity index (χ0n) is 11.4. The number of aromatic carboxylic acids is 1. The molecular formula is C15H13FO4S. The van der Waals surface area contributed by atoms with Crippen LogP contribution in [-0.4, -0.2) is 25.7 Å². The smallest absolute Gasteiger partial charge is 0.336 e. The molecule has 0 bridgehead atoms. The van der Waals surface area contributed by atoms with Crippen LogP contribution in [0.4, 0.5) is 4.39 Å². The van der Waals surface area contributed by atoms with Gasteiger partial charge in [0, 0.05) is 6.26 Å². The fourth-order valence-corrected chi connectivity index (χ4v) is 2.61. The van der Waals surface area contributed by atoms with E-state index in [9.17, 15) is 17.6 Å². The highest BCUT2D eigenvalue weighted by molar-refractivity contribution is 7.90. The summed E-state index contributed by atoms with van der Waals surface area (Å²) in [6.07, 6.45) is 1.09. The maximum absolute atomic E-state index is 13.5. The number of halogens is 1. The largest absolute Gasteiger partial charge is 0.478 e. The SMILES string of the molecule is Cc1cc(-c2ccc(S(C)(=O)=O)cc2)c(C(=O)O)cc1F. The van der Waals surface area contributed by atoms with Crippen molar-refractivity contribution < 1.29 is 22.7 Å². The van der Waals surface area contributed by atoms with Crippen molar-refractivity contribution >= 4 is 15.8 Å². The molecule has 0 radical (unpaired) electrons. The Labute approximate surface area is 121 Å². The minimum atomic E-state index is -3.32. The van der Waals surface area contributed by atoms with Crippen molar-refractivity contribution in [1.29, 1.82) is 0 Å². The lowest BCUT2D eigenvalue weighted by molar-refractivity contribution is 0.0697. The average molecular weight is 308 g/mol. The number of carboxylic acids is 1. The zero-order chi connectivity index (χ0) is 15.8. The molecule has 0 aliphatic heterocycles. The molecule has 0 saturated carbocycles. The lowest BCUT2D eigenvalue weighted by Gasteiger charge is -2.09. The van der Waals surface area contributed by atoms with Crippen molar-refractivity contribution in [3.63, 3.8) is 0 Å². The summed E-state index contributed by atoms with van der Waals surface area (Å²) in [6.45, 7) is 1.54. The van der Waals surface area contributed by atoms with Crippen molar-refractivity contribution in [2.75, 3.05) is 6.26 Å². The highest BCUT2D eigenvalue weighted by Crippen LogP contribution is 2.27. The van der Waals surface area contributed by atoms with Crippen LogP contribution < -0.4 is 0 Å². The topological polar surface area (TPSA) is 71.4 Å². The molecule has 2 rings (SSSR count). The van der Waals surface area contributed by atoms with Crippen LogP contribution in [0.25, 0.3) is 11.1 Å². The Balaban J connectivity index is 2.61. The zero-order valence-corrected chi connectivity index (χ0v) is 12.2. The number of carbonyl (C=O) groups is 1. The molecular weight excluding hydrogens is 295 g/mol. The highest BCUT2D eigenvalue weighted by Gasteiger charge is 2.15. The van der Waals surface area contributed by atoms with E-state index in [-0.39, 0.29) is 10.5 Å². The van der Waals surface area contributed by atoms with Crippen LogP contribution in [0, 0.1) is 12.7 Å². The van der Waals surface area contributed by atoms with Gasteiger partial charge in [-0.15, -0.1) is 0 Å². The van der Waals surface area contributed by atoms with E-state index in [4.69, 9.17) is 5.11 Å². The predicted molar refractivity (Wildman–Crippen MR) is 76.6 cm³/mol. The van der Waals surface area contributed by atoms with Gasteiger partial charge in [0.1, 0.15) is 5.82 Å². The van der Waals surface area contributed by atoms with E-state index in [0.29, 0.717) is 16.7 Å². The van der Waals surface area contributed by atoms with E-state index in [1.165, 1.54) is 37.3 Å². The van der Waals surface area contributed by atoms with E-state index in [1.807, 2.05) is 0 Å².